The van der Waals surface area contributed by atoms with Crippen LogP contribution in [-0.2, 0) is 9.53 Å². The molecular formula is C21H19N3O3S. The zero-order valence-corrected chi connectivity index (χ0v) is 16.0. The molecule has 1 aromatic heterocycles. The lowest BCUT2D eigenvalue weighted by atomic mass is 10.2. The Kier molecular flexibility index (Phi) is 5.51. The first kappa shape index (κ1) is 18.4. The number of nitrogens with zero attached hydrogens (tertiary/aromatic N) is 3. The van der Waals surface area contributed by atoms with Gasteiger partial charge in [-0.05, 0) is 49.2 Å². The molecule has 1 saturated heterocycles. The molecule has 0 N–H and O–H groups in total. The molecule has 0 spiro atoms. The molecule has 0 saturated carbocycles. The molecular weight excluding hydrogens is 374 g/mol. The molecule has 1 unspecified atom stereocenters. The van der Waals surface area contributed by atoms with Crippen LogP contribution in [0.1, 0.15) is 18.4 Å². The number of rotatable bonds is 6. The highest BCUT2D eigenvalue weighted by atomic mass is 32.1. The summed E-state index contributed by atoms with van der Waals surface area (Å²) in [5.74, 6) is 0.382. The lowest BCUT2D eigenvalue weighted by Crippen LogP contribution is -2.40. The summed E-state index contributed by atoms with van der Waals surface area (Å²) in [6.45, 7) is 1.10. The predicted octanol–water partition coefficient (Wildman–Crippen LogP) is 3.76. The summed E-state index contributed by atoms with van der Waals surface area (Å²) in [6.07, 6.45) is 1.96. The van der Waals surface area contributed by atoms with Crippen molar-refractivity contribution in [2.75, 3.05) is 24.7 Å². The molecule has 2 heterocycles. The number of amides is 1. The summed E-state index contributed by atoms with van der Waals surface area (Å²) in [6, 6.07) is 16.6. The van der Waals surface area contributed by atoms with Crippen LogP contribution in [0, 0.1) is 11.3 Å². The Bertz CT molecular complexity index is 971. The lowest BCUT2D eigenvalue weighted by Gasteiger charge is -2.23. The molecule has 7 heteroatoms. The number of hydrogen-bond acceptors (Lipinski definition) is 6. The molecule has 1 fully saturated rings. The monoisotopic (exact) mass is 393 g/mol. The summed E-state index contributed by atoms with van der Waals surface area (Å²) in [5, 5.41) is 9.53. The van der Waals surface area contributed by atoms with Crippen molar-refractivity contribution in [1.82, 2.24) is 4.98 Å². The molecule has 0 radical (unpaired) electrons. The number of carbonyl (C=O) groups is 1. The summed E-state index contributed by atoms with van der Waals surface area (Å²) < 4.78 is 12.4. The van der Waals surface area contributed by atoms with Crippen LogP contribution in [0.3, 0.4) is 0 Å². The van der Waals surface area contributed by atoms with Crippen LogP contribution in [-0.4, -0.2) is 36.8 Å². The van der Waals surface area contributed by atoms with Gasteiger partial charge in [0.05, 0.1) is 34.5 Å². The van der Waals surface area contributed by atoms with E-state index in [1.165, 1.54) is 11.3 Å². The van der Waals surface area contributed by atoms with Gasteiger partial charge in [0.25, 0.3) is 5.91 Å². The fourth-order valence-electron chi connectivity index (χ4n) is 3.10. The zero-order chi connectivity index (χ0) is 19.3. The minimum atomic E-state index is -0.168. The molecule has 28 heavy (non-hydrogen) atoms. The third-order valence-corrected chi connectivity index (χ3v) is 5.63. The Morgan fingerprint density at radius 1 is 1.29 bits per heavy atom. The molecule has 0 bridgehead atoms. The van der Waals surface area contributed by atoms with Gasteiger partial charge in [-0.3, -0.25) is 9.69 Å². The van der Waals surface area contributed by atoms with E-state index < -0.39 is 0 Å². The maximum absolute atomic E-state index is 13.0. The lowest BCUT2D eigenvalue weighted by molar-refractivity contribution is -0.120. The van der Waals surface area contributed by atoms with E-state index in [1.807, 2.05) is 24.3 Å². The highest BCUT2D eigenvalue weighted by Crippen LogP contribution is 2.30. The van der Waals surface area contributed by atoms with E-state index in [9.17, 15) is 4.79 Å². The van der Waals surface area contributed by atoms with E-state index in [1.54, 1.807) is 29.2 Å². The molecule has 1 aliphatic rings. The van der Waals surface area contributed by atoms with E-state index in [0.29, 0.717) is 23.0 Å². The second-order valence-corrected chi connectivity index (χ2v) is 7.54. The maximum atomic E-state index is 13.0. The van der Waals surface area contributed by atoms with Gasteiger partial charge in [-0.2, -0.15) is 5.26 Å². The Labute approximate surface area is 166 Å². The van der Waals surface area contributed by atoms with Crippen molar-refractivity contribution >= 4 is 32.6 Å². The smallest absolute Gasteiger partial charge is 0.266 e. The van der Waals surface area contributed by atoms with Gasteiger partial charge in [0.15, 0.2) is 11.7 Å². The van der Waals surface area contributed by atoms with Crippen molar-refractivity contribution in [2.45, 2.75) is 18.9 Å². The number of carbonyl (C=O) groups excluding carboxylic acids is 1. The topological polar surface area (TPSA) is 75.5 Å². The van der Waals surface area contributed by atoms with Gasteiger partial charge in [-0.15, -0.1) is 0 Å². The summed E-state index contributed by atoms with van der Waals surface area (Å²) in [5.41, 5.74) is 1.42. The first-order valence-corrected chi connectivity index (χ1v) is 9.95. The van der Waals surface area contributed by atoms with Crippen LogP contribution in [0.2, 0.25) is 0 Å². The highest BCUT2D eigenvalue weighted by molar-refractivity contribution is 7.22. The average molecular weight is 393 g/mol. The van der Waals surface area contributed by atoms with Crippen molar-refractivity contribution in [3.05, 3.63) is 54.1 Å². The highest BCUT2D eigenvalue weighted by Gasteiger charge is 2.26. The number of para-hydroxylation sites is 1. The van der Waals surface area contributed by atoms with Crippen molar-refractivity contribution in [2.24, 2.45) is 0 Å². The molecule has 1 aliphatic heterocycles. The SMILES string of the molecule is N#Cc1ccc(OCC(=O)N(CC2CCCO2)c2nc3ccccc3s2)cc1. The Hall–Kier alpha value is -2.95. The minimum Gasteiger partial charge on any atom is -0.484 e. The van der Waals surface area contributed by atoms with Crippen LogP contribution in [0.15, 0.2) is 48.5 Å². The van der Waals surface area contributed by atoms with Crippen molar-refractivity contribution in [1.29, 1.82) is 5.26 Å². The van der Waals surface area contributed by atoms with E-state index >= 15 is 0 Å². The van der Waals surface area contributed by atoms with Gasteiger partial charge in [0, 0.05) is 6.61 Å². The van der Waals surface area contributed by atoms with Gasteiger partial charge in [0.2, 0.25) is 0 Å². The summed E-state index contributed by atoms with van der Waals surface area (Å²) in [7, 11) is 0. The molecule has 142 valence electrons. The van der Waals surface area contributed by atoms with Crippen LogP contribution >= 0.6 is 11.3 Å². The Morgan fingerprint density at radius 2 is 2.11 bits per heavy atom. The fraction of sp³-hybridized carbons (Fsp3) is 0.286. The number of nitriles is 1. The molecule has 3 aromatic rings. The molecule has 1 amide bonds. The van der Waals surface area contributed by atoms with Crippen LogP contribution < -0.4 is 9.64 Å². The van der Waals surface area contributed by atoms with E-state index in [0.717, 1.165) is 29.7 Å². The van der Waals surface area contributed by atoms with Crippen LogP contribution in [0.5, 0.6) is 5.75 Å². The minimum absolute atomic E-state index is 0.0193. The largest absolute Gasteiger partial charge is 0.484 e. The Morgan fingerprint density at radius 3 is 2.82 bits per heavy atom. The van der Waals surface area contributed by atoms with Gasteiger partial charge < -0.3 is 9.47 Å². The first-order valence-electron chi connectivity index (χ1n) is 9.13. The predicted molar refractivity (Wildman–Crippen MR) is 108 cm³/mol. The second kappa shape index (κ2) is 8.38. The van der Waals surface area contributed by atoms with E-state index in [-0.39, 0.29) is 18.6 Å². The molecule has 0 aliphatic carbocycles. The van der Waals surface area contributed by atoms with E-state index in [2.05, 4.69) is 11.1 Å². The third kappa shape index (κ3) is 4.14. The van der Waals surface area contributed by atoms with Gasteiger partial charge in [0.1, 0.15) is 5.75 Å². The summed E-state index contributed by atoms with van der Waals surface area (Å²) in [4.78, 5) is 19.3. The number of benzene rings is 2. The molecule has 6 nitrogen and oxygen atoms in total. The average Bonchev–Trinajstić information content (AvgIpc) is 3.40. The van der Waals surface area contributed by atoms with E-state index in [4.69, 9.17) is 14.7 Å². The first-order chi connectivity index (χ1) is 13.7. The summed E-state index contributed by atoms with van der Waals surface area (Å²) >= 11 is 1.49. The number of aromatic nitrogens is 1. The fourth-order valence-corrected chi connectivity index (χ4v) is 4.09. The second-order valence-electron chi connectivity index (χ2n) is 6.53. The zero-order valence-electron chi connectivity index (χ0n) is 15.2. The number of fused-ring (bicyclic) bond motifs is 1. The molecule has 1 atom stereocenters. The van der Waals surface area contributed by atoms with Gasteiger partial charge in [-0.1, -0.05) is 23.5 Å². The number of anilines is 1. The van der Waals surface area contributed by atoms with Crippen molar-refractivity contribution in [3.8, 4) is 11.8 Å². The van der Waals surface area contributed by atoms with Crippen molar-refractivity contribution < 1.29 is 14.3 Å². The van der Waals surface area contributed by atoms with Crippen molar-refractivity contribution in [3.63, 3.8) is 0 Å². The normalized spacial score (nSPS) is 16.0. The molecule has 2 aromatic carbocycles. The van der Waals surface area contributed by atoms with Gasteiger partial charge >= 0.3 is 0 Å². The Balaban J connectivity index is 1.51. The maximum Gasteiger partial charge on any atom is 0.266 e. The number of ether oxygens (including phenoxy) is 2. The number of hydrogen-bond donors (Lipinski definition) is 0. The van der Waals surface area contributed by atoms with Crippen LogP contribution in [0.4, 0.5) is 5.13 Å². The standard InChI is InChI=1S/C21H19N3O3S/c22-12-15-7-9-16(10-8-15)27-14-20(25)24(13-17-4-3-11-26-17)21-23-18-5-1-2-6-19(18)28-21/h1-2,5-10,17H,3-4,11,13-14H2. The number of thiazole rings is 1. The van der Waals surface area contributed by atoms with Gasteiger partial charge in [-0.25, -0.2) is 4.98 Å². The third-order valence-electron chi connectivity index (χ3n) is 4.57. The molecule has 4 rings (SSSR count). The quantitative estimate of drug-likeness (QED) is 0.637. The van der Waals surface area contributed by atoms with Crippen LogP contribution in [0.25, 0.3) is 10.2 Å².